The molecule has 1 aromatic heterocycles. The summed E-state index contributed by atoms with van der Waals surface area (Å²) in [5.74, 6) is 0.915. The minimum atomic E-state index is -2.97. The van der Waals surface area contributed by atoms with Gasteiger partial charge in [-0.3, -0.25) is 4.79 Å². The lowest BCUT2D eigenvalue weighted by atomic mass is 10.1. The molecule has 7 heteroatoms. The molecule has 0 fully saturated rings. The number of rotatable bonds is 6. The predicted octanol–water partition coefficient (Wildman–Crippen LogP) is 3.69. The highest BCUT2D eigenvalue weighted by Gasteiger charge is 2.17. The maximum atomic E-state index is 12.3. The molecule has 1 amide bonds. The van der Waals surface area contributed by atoms with Gasteiger partial charge in [-0.15, -0.1) is 0 Å². The Labute approximate surface area is 132 Å². The third-order valence-electron chi connectivity index (χ3n) is 3.18. The van der Waals surface area contributed by atoms with Gasteiger partial charge in [0.25, 0.3) is 5.91 Å². The summed E-state index contributed by atoms with van der Waals surface area (Å²) in [5, 5.41) is 2.76. The third kappa shape index (κ3) is 4.21. The summed E-state index contributed by atoms with van der Waals surface area (Å²) in [6.07, 6.45) is 0. The number of carbonyl (C=O) groups excluding carboxylic acids is 1. The van der Waals surface area contributed by atoms with Gasteiger partial charge in [0.15, 0.2) is 11.5 Å². The molecule has 0 saturated carbocycles. The summed E-state index contributed by atoms with van der Waals surface area (Å²) in [7, 11) is 1.31. The average molecular weight is 325 g/mol. The highest BCUT2D eigenvalue weighted by atomic mass is 19.3. The number of nitrogens with one attached hydrogen (secondary N) is 1. The molecule has 1 heterocycles. The van der Waals surface area contributed by atoms with Crippen molar-refractivity contribution in [1.82, 2.24) is 5.32 Å². The van der Waals surface area contributed by atoms with Crippen molar-refractivity contribution in [2.45, 2.75) is 26.5 Å². The second-order valence-corrected chi connectivity index (χ2v) is 4.89. The highest BCUT2D eigenvalue weighted by molar-refractivity contribution is 5.95. The number of hydrogen-bond acceptors (Lipinski definition) is 4. The van der Waals surface area contributed by atoms with E-state index in [1.807, 2.05) is 6.92 Å². The van der Waals surface area contributed by atoms with Crippen LogP contribution in [0.4, 0.5) is 8.78 Å². The molecule has 2 rings (SSSR count). The average Bonchev–Trinajstić information content (AvgIpc) is 2.93. The maximum Gasteiger partial charge on any atom is 0.387 e. The molecule has 1 N–H and O–H groups in total. The van der Waals surface area contributed by atoms with E-state index in [1.54, 1.807) is 19.1 Å². The van der Waals surface area contributed by atoms with Gasteiger partial charge in [-0.1, -0.05) is 0 Å². The summed E-state index contributed by atoms with van der Waals surface area (Å²) in [4.78, 5) is 12.2. The van der Waals surface area contributed by atoms with E-state index in [2.05, 4.69) is 10.1 Å². The third-order valence-corrected chi connectivity index (χ3v) is 3.18. The van der Waals surface area contributed by atoms with Gasteiger partial charge in [0.05, 0.1) is 13.2 Å². The van der Waals surface area contributed by atoms with E-state index in [0.29, 0.717) is 5.76 Å². The van der Waals surface area contributed by atoms with E-state index in [-0.39, 0.29) is 29.0 Å². The van der Waals surface area contributed by atoms with Crippen molar-refractivity contribution in [2.24, 2.45) is 0 Å². The first-order chi connectivity index (χ1) is 10.9. The van der Waals surface area contributed by atoms with Crippen LogP contribution >= 0.6 is 0 Å². The largest absolute Gasteiger partial charge is 0.493 e. The fourth-order valence-electron chi connectivity index (χ4n) is 2.04. The molecular formula is C16H17F2NO4. The van der Waals surface area contributed by atoms with E-state index < -0.39 is 6.61 Å². The lowest BCUT2D eigenvalue weighted by Gasteiger charge is -2.14. The van der Waals surface area contributed by atoms with Gasteiger partial charge < -0.3 is 19.2 Å². The number of benzene rings is 1. The van der Waals surface area contributed by atoms with Crippen LogP contribution in [-0.4, -0.2) is 19.6 Å². The van der Waals surface area contributed by atoms with Gasteiger partial charge in [-0.25, -0.2) is 0 Å². The number of ether oxygens (including phenoxy) is 2. The molecule has 0 saturated heterocycles. The van der Waals surface area contributed by atoms with Crippen LogP contribution in [0.15, 0.2) is 34.7 Å². The monoisotopic (exact) mass is 325 g/mol. The molecule has 0 aliphatic carbocycles. The lowest BCUT2D eigenvalue weighted by Crippen LogP contribution is -2.26. The Morgan fingerprint density at radius 3 is 2.52 bits per heavy atom. The number of alkyl halides is 2. The van der Waals surface area contributed by atoms with Crippen molar-refractivity contribution in [3.05, 3.63) is 47.4 Å². The standard InChI is InChI=1S/C16H17F2NO4/c1-9-4-6-12(22-9)10(2)19-15(20)11-5-7-13(23-16(17)18)14(8-11)21-3/h4-8,10,16H,1-3H3,(H,19,20). The Morgan fingerprint density at radius 1 is 1.22 bits per heavy atom. The van der Waals surface area contributed by atoms with Crippen LogP contribution in [0.2, 0.25) is 0 Å². The Kier molecular flexibility index (Phi) is 5.20. The van der Waals surface area contributed by atoms with Crippen molar-refractivity contribution in [3.63, 3.8) is 0 Å². The van der Waals surface area contributed by atoms with E-state index in [0.717, 1.165) is 5.76 Å². The van der Waals surface area contributed by atoms with Crippen molar-refractivity contribution in [3.8, 4) is 11.5 Å². The first-order valence-corrected chi connectivity index (χ1v) is 6.90. The van der Waals surface area contributed by atoms with Crippen LogP contribution in [0.5, 0.6) is 11.5 Å². The predicted molar refractivity (Wildman–Crippen MR) is 79.0 cm³/mol. The fourth-order valence-corrected chi connectivity index (χ4v) is 2.04. The van der Waals surface area contributed by atoms with Gasteiger partial charge in [0.2, 0.25) is 0 Å². The summed E-state index contributed by atoms with van der Waals surface area (Å²) in [5.41, 5.74) is 0.263. The van der Waals surface area contributed by atoms with Crippen LogP contribution in [0.25, 0.3) is 0 Å². The van der Waals surface area contributed by atoms with Gasteiger partial charge in [0, 0.05) is 5.56 Å². The SMILES string of the molecule is COc1cc(C(=O)NC(C)c2ccc(C)o2)ccc1OC(F)F. The van der Waals surface area contributed by atoms with Crippen LogP contribution in [0.3, 0.4) is 0 Å². The van der Waals surface area contributed by atoms with Crippen LogP contribution in [0.1, 0.15) is 34.8 Å². The van der Waals surface area contributed by atoms with Gasteiger partial charge in [-0.05, 0) is 44.2 Å². The Balaban J connectivity index is 2.12. The molecule has 0 aliphatic rings. The molecular weight excluding hydrogens is 308 g/mol. The van der Waals surface area contributed by atoms with Crippen LogP contribution in [0, 0.1) is 6.92 Å². The van der Waals surface area contributed by atoms with Crippen molar-refractivity contribution in [1.29, 1.82) is 0 Å². The summed E-state index contributed by atoms with van der Waals surface area (Å²) in [6, 6.07) is 7.24. The van der Waals surface area contributed by atoms with Crippen molar-refractivity contribution in [2.75, 3.05) is 7.11 Å². The number of carbonyl (C=O) groups is 1. The zero-order chi connectivity index (χ0) is 17.0. The molecule has 0 aliphatic heterocycles. The summed E-state index contributed by atoms with van der Waals surface area (Å²) in [6.45, 7) is 0.623. The molecule has 1 unspecified atom stereocenters. The molecule has 0 spiro atoms. The van der Waals surface area contributed by atoms with Gasteiger partial charge >= 0.3 is 6.61 Å². The molecule has 0 bridgehead atoms. The quantitative estimate of drug-likeness (QED) is 0.880. The molecule has 23 heavy (non-hydrogen) atoms. The Morgan fingerprint density at radius 2 is 1.96 bits per heavy atom. The highest BCUT2D eigenvalue weighted by Crippen LogP contribution is 2.29. The normalized spacial score (nSPS) is 12.1. The number of halogens is 2. The second kappa shape index (κ2) is 7.13. The number of hydrogen-bond donors (Lipinski definition) is 1. The summed E-state index contributed by atoms with van der Waals surface area (Å²) >= 11 is 0. The molecule has 2 aromatic rings. The Hall–Kier alpha value is -2.57. The van der Waals surface area contributed by atoms with Crippen molar-refractivity contribution >= 4 is 5.91 Å². The van der Waals surface area contributed by atoms with Crippen LogP contribution < -0.4 is 14.8 Å². The first kappa shape index (κ1) is 16.8. The zero-order valence-corrected chi connectivity index (χ0v) is 12.9. The number of methoxy groups -OCH3 is 1. The smallest absolute Gasteiger partial charge is 0.387 e. The van der Waals surface area contributed by atoms with Crippen LogP contribution in [-0.2, 0) is 0 Å². The molecule has 1 atom stereocenters. The Bertz CT molecular complexity index is 684. The fraction of sp³-hybridized carbons (Fsp3) is 0.312. The maximum absolute atomic E-state index is 12.3. The molecule has 124 valence electrons. The molecule has 1 aromatic carbocycles. The van der Waals surface area contributed by atoms with E-state index in [9.17, 15) is 13.6 Å². The molecule has 0 radical (unpaired) electrons. The molecule has 5 nitrogen and oxygen atoms in total. The summed E-state index contributed by atoms with van der Waals surface area (Å²) < 4.78 is 39.3. The topological polar surface area (TPSA) is 60.7 Å². The number of aryl methyl sites for hydroxylation is 1. The lowest BCUT2D eigenvalue weighted by molar-refractivity contribution is -0.0512. The van der Waals surface area contributed by atoms with E-state index >= 15 is 0 Å². The first-order valence-electron chi connectivity index (χ1n) is 6.90. The van der Waals surface area contributed by atoms with Gasteiger partial charge in [0.1, 0.15) is 11.5 Å². The number of amides is 1. The zero-order valence-electron chi connectivity index (χ0n) is 12.9. The van der Waals surface area contributed by atoms with Gasteiger partial charge in [-0.2, -0.15) is 8.78 Å². The van der Waals surface area contributed by atoms with E-state index in [4.69, 9.17) is 9.15 Å². The second-order valence-electron chi connectivity index (χ2n) is 4.89. The minimum absolute atomic E-state index is 0.0550. The minimum Gasteiger partial charge on any atom is -0.493 e. The number of furan rings is 1. The van der Waals surface area contributed by atoms with E-state index in [1.165, 1.54) is 25.3 Å². The van der Waals surface area contributed by atoms with Crippen molar-refractivity contribution < 1.29 is 27.5 Å².